The summed E-state index contributed by atoms with van der Waals surface area (Å²) in [5.74, 6) is 1.16. The lowest BCUT2D eigenvalue weighted by Gasteiger charge is -2.17. The van der Waals surface area contributed by atoms with E-state index >= 15 is 0 Å². The van der Waals surface area contributed by atoms with Crippen LogP contribution >= 0.6 is 0 Å². The number of carbonyl (C=O) groups excluding carboxylic acids is 1. The number of fused-ring (bicyclic) bond motifs is 1. The van der Waals surface area contributed by atoms with Gasteiger partial charge in [-0.25, -0.2) is 4.98 Å². The highest BCUT2D eigenvalue weighted by Gasteiger charge is 2.29. The maximum Gasteiger partial charge on any atom is 0.224 e. The molecule has 23 heavy (non-hydrogen) atoms. The number of nitrogens with one attached hydrogen (secondary N) is 1. The summed E-state index contributed by atoms with van der Waals surface area (Å²) in [5, 5.41) is 8.11. The lowest BCUT2D eigenvalue weighted by atomic mass is 10.2. The fourth-order valence-corrected chi connectivity index (χ4v) is 3.13. The molecule has 1 saturated heterocycles. The zero-order valence-electron chi connectivity index (χ0n) is 14.4. The molecule has 124 valence electrons. The third-order valence-corrected chi connectivity index (χ3v) is 4.53. The number of rotatable bonds is 5. The van der Waals surface area contributed by atoms with Gasteiger partial charge in [-0.1, -0.05) is 13.8 Å². The molecule has 1 aliphatic heterocycles. The molecule has 2 aromatic rings. The van der Waals surface area contributed by atoms with Gasteiger partial charge in [-0.2, -0.15) is 9.61 Å². The maximum atomic E-state index is 12.1. The van der Waals surface area contributed by atoms with Gasteiger partial charge >= 0.3 is 0 Å². The molecule has 1 N–H and O–H groups in total. The second-order valence-corrected chi connectivity index (χ2v) is 6.32. The van der Waals surface area contributed by atoms with Crippen LogP contribution in [0.5, 0.6) is 0 Å². The van der Waals surface area contributed by atoms with Gasteiger partial charge in [0.25, 0.3) is 0 Å². The molecule has 1 amide bonds. The van der Waals surface area contributed by atoms with Crippen LogP contribution in [-0.2, 0) is 11.2 Å². The van der Waals surface area contributed by atoms with Gasteiger partial charge in [-0.3, -0.25) is 4.79 Å². The van der Waals surface area contributed by atoms with Crippen molar-refractivity contribution in [2.45, 2.75) is 53.0 Å². The van der Waals surface area contributed by atoms with E-state index < -0.39 is 0 Å². The second-order valence-electron chi connectivity index (χ2n) is 6.32. The molecular weight excluding hydrogens is 290 g/mol. The topological polar surface area (TPSA) is 62.5 Å². The van der Waals surface area contributed by atoms with Crippen LogP contribution in [0.3, 0.4) is 0 Å². The molecule has 0 aromatic carbocycles. The van der Waals surface area contributed by atoms with E-state index in [1.807, 2.05) is 22.4 Å². The van der Waals surface area contributed by atoms with Crippen LogP contribution in [0, 0.1) is 13.8 Å². The highest BCUT2D eigenvalue weighted by Crippen LogP contribution is 2.22. The van der Waals surface area contributed by atoms with Gasteiger partial charge in [0.15, 0.2) is 5.65 Å². The normalized spacial score (nSPS) is 18.2. The molecule has 3 heterocycles. The van der Waals surface area contributed by atoms with E-state index in [2.05, 4.69) is 31.2 Å². The van der Waals surface area contributed by atoms with Crippen LogP contribution < -0.4 is 5.32 Å². The van der Waals surface area contributed by atoms with Crippen molar-refractivity contribution in [3.05, 3.63) is 23.0 Å². The molecule has 0 spiro atoms. The lowest BCUT2D eigenvalue weighted by molar-refractivity contribution is -0.127. The third-order valence-electron chi connectivity index (χ3n) is 4.53. The molecule has 0 aliphatic carbocycles. The molecule has 0 radical (unpaired) electrons. The molecule has 0 bridgehead atoms. The van der Waals surface area contributed by atoms with Gasteiger partial charge in [0, 0.05) is 36.8 Å². The van der Waals surface area contributed by atoms with Crippen LogP contribution in [0.4, 0.5) is 5.82 Å². The molecule has 3 rings (SSSR count). The summed E-state index contributed by atoms with van der Waals surface area (Å²) in [5.41, 5.74) is 4.04. The molecular formula is C17H25N5O. The smallest absolute Gasteiger partial charge is 0.224 e. The van der Waals surface area contributed by atoms with Crippen LogP contribution in [0.25, 0.3) is 5.65 Å². The molecule has 1 atom stereocenters. The Morgan fingerprint density at radius 3 is 2.83 bits per heavy atom. The van der Waals surface area contributed by atoms with E-state index in [-0.39, 0.29) is 11.9 Å². The summed E-state index contributed by atoms with van der Waals surface area (Å²) in [6.07, 6.45) is 2.42. The standard InChI is InChI=1S/C17H25N5O/c1-5-7-21-10-14(9-16(21)23)18-15-8-13(6-2)19-17-11(3)12(4)20-22(15)17/h8,14,18H,5-7,9-10H2,1-4H3. The number of hydrogen-bond donors (Lipinski definition) is 1. The van der Waals surface area contributed by atoms with Crippen LogP contribution in [0.1, 0.15) is 43.6 Å². The monoisotopic (exact) mass is 315 g/mol. The summed E-state index contributed by atoms with van der Waals surface area (Å²) < 4.78 is 1.87. The Morgan fingerprint density at radius 1 is 1.35 bits per heavy atom. The van der Waals surface area contributed by atoms with E-state index in [0.29, 0.717) is 6.42 Å². The van der Waals surface area contributed by atoms with Crippen molar-refractivity contribution in [3.8, 4) is 0 Å². The van der Waals surface area contributed by atoms with Crippen LogP contribution in [0.15, 0.2) is 6.07 Å². The van der Waals surface area contributed by atoms with Crippen LogP contribution in [-0.4, -0.2) is 44.5 Å². The van der Waals surface area contributed by atoms with Gasteiger partial charge in [-0.15, -0.1) is 0 Å². The third kappa shape index (κ3) is 2.90. The second kappa shape index (κ2) is 6.18. The van der Waals surface area contributed by atoms with E-state index in [9.17, 15) is 4.79 Å². The molecule has 1 aliphatic rings. The Labute approximate surface area is 136 Å². The highest BCUT2D eigenvalue weighted by molar-refractivity contribution is 5.80. The first-order valence-electron chi connectivity index (χ1n) is 8.43. The van der Waals surface area contributed by atoms with E-state index in [1.54, 1.807) is 0 Å². The molecule has 0 saturated carbocycles. The number of aryl methyl sites for hydroxylation is 3. The van der Waals surface area contributed by atoms with Crippen molar-refractivity contribution in [3.63, 3.8) is 0 Å². The molecule has 1 fully saturated rings. The number of amides is 1. The fourth-order valence-electron chi connectivity index (χ4n) is 3.13. The molecule has 6 nitrogen and oxygen atoms in total. The summed E-state index contributed by atoms with van der Waals surface area (Å²) >= 11 is 0. The quantitative estimate of drug-likeness (QED) is 0.920. The van der Waals surface area contributed by atoms with Crippen LogP contribution in [0.2, 0.25) is 0 Å². The molecule has 1 unspecified atom stereocenters. The minimum Gasteiger partial charge on any atom is -0.365 e. The number of anilines is 1. The average Bonchev–Trinajstić information content (AvgIpc) is 3.01. The van der Waals surface area contributed by atoms with Gasteiger partial charge in [0.1, 0.15) is 5.82 Å². The Bertz CT molecular complexity index is 736. The minimum absolute atomic E-state index is 0.133. The van der Waals surface area contributed by atoms with E-state index in [4.69, 9.17) is 4.98 Å². The molecule has 6 heteroatoms. The largest absolute Gasteiger partial charge is 0.365 e. The zero-order valence-corrected chi connectivity index (χ0v) is 14.4. The number of carbonyl (C=O) groups is 1. The van der Waals surface area contributed by atoms with E-state index in [0.717, 1.165) is 54.3 Å². The minimum atomic E-state index is 0.133. The summed E-state index contributed by atoms with van der Waals surface area (Å²) in [4.78, 5) is 18.7. The Morgan fingerprint density at radius 2 is 2.13 bits per heavy atom. The van der Waals surface area contributed by atoms with E-state index in [1.165, 1.54) is 0 Å². The van der Waals surface area contributed by atoms with Gasteiger partial charge in [0.2, 0.25) is 5.91 Å². The lowest BCUT2D eigenvalue weighted by Crippen LogP contribution is -2.29. The fraction of sp³-hybridized carbons (Fsp3) is 0.588. The Hall–Kier alpha value is -2.11. The summed E-state index contributed by atoms with van der Waals surface area (Å²) in [6, 6.07) is 2.18. The van der Waals surface area contributed by atoms with Crippen molar-refractivity contribution in [1.82, 2.24) is 19.5 Å². The number of nitrogens with zero attached hydrogens (tertiary/aromatic N) is 4. The Balaban J connectivity index is 1.91. The molecule has 2 aromatic heterocycles. The summed E-state index contributed by atoms with van der Waals surface area (Å²) in [6.45, 7) is 9.85. The van der Waals surface area contributed by atoms with Crippen molar-refractivity contribution in [2.75, 3.05) is 18.4 Å². The number of likely N-dealkylation sites (tertiary alicyclic amines) is 1. The zero-order chi connectivity index (χ0) is 16.6. The number of hydrogen-bond acceptors (Lipinski definition) is 4. The predicted octanol–water partition coefficient (Wildman–Crippen LogP) is 2.33. The SMILES string of the molecule is CCCN1CC(Nc2cc(CC)nc3c(C)c(C)nn23)CC1=O. The highest BCUT2D eigenvalue weighted by atomic mass is 16.2. The maximum absolute atomic E-state index is 12.1. The van der Waals surface area contributed by atoms with Crippen molar-refractivity contribution < 1.29 is 4.79 Å². The predicted molar refractivity (Wildman–Crippen MR) is 90.7 cm³/mol. The van der Waals surface area contributed by atoms with Crippen molar-refractivity contribution in [1.29, 1.82) is 0 Å². The Kier molecular flexibility index (Phi) is 4.24. The van der Waals surface area contributed by atoms with Gasteiger partial charge in [-0.05, 0) is 26.7 Å². The summed E-state index contributed by atoms with van der Waals surface area (Å²) in [7, 11) is 0. The van der Waals surface area contributed by atoms with Crippen molar-refractivity contribution >= 4 is 17.4 Å². The average molecular weight is 315 g/mol. The number of aromatic nitrogens is 3. The van der Waals surface area contributed by atoms with Crippen molar-refractivity contribution in [2.24, 2.45) is 0 Å². The van der Waals surface area contributed by atoms with Gasteiger partial charge in [0.05, 0.1) is 11.7 Å². The van der Waals surface area contributed by atoms with Gasteiger partial charge < -0.3 is 10.2 Å². The first-order chi connectivity index (χ1) is 11.0. The first-order valence-corrected chi connectivity index (χ1v) is 8.43. The first kappa shape index (κ1) is 15.8.